The van der Waals surface area contributed by atoms with Crippen LogP contribution in [0.25, 0.3) is 5.69 Å². The number of carbonyl (C=O) groups is 3. The molecule has 0 saturated heterocycles. The zero-order valence-corrected chi connectivity index (χ0v) is 19.4. The molecule has 0 aliphatic rings. The number of esters is 1. The molecule has 31 heavy (non-hydrogen) atoms. The fourth-order valence-electron chi connectivity index (χ4n) is 3.30. The van der Waals surface area contributed by atoms with Crippen LogP contribution in [0.2, 0.25) is 0 Å². The smallest absolute Gasteiger partial charge is 0.337 e. The Morgan fingerprint density at radius 3 is 2.45 bits per heavy atom. The molecule has 9 heteroatoms. The largest absolute Gasteiger partial charge is 0.465 e. The van der Waals surface area contributed by atoms with Crippen molar-refractivity contribution < 1.29 is 19.1 Å². The lowest BCUT2D eigenvalue weighted by Gasteiger charge is -2.10. The van der Waals surface area contributed by atoms with Crippen molar-refractivity contribution in [3.63, 3.8) is 0 Å². The summed E-state index contributed by atoms with van der Waals surface area (Å²) in [6, 6.07) is 8.93. The molecule has 0 fully saturated rings. The van der Waals surface area contributed by atoms with E-state index >= 15 is 0 Å². The summed E-state index contributed by atoms with van der Waals surface area (Å²) in [4.78, 5) is 41.0. The molecule has 3 aromatic rings. The number of ketones is 1. The molecule has 0 saturated carbocycles. The summed E-state index contributed by atoms with van der Waals surface area (Å²) in [6.45, 7) is 5.67. The zero-order valence-electron chi connectivity index (χ0n) is 17.7. The Morgan fingerprint density at radius 2 is 1.84 bits per heavy atom. The number of rotatable bonds is 8. The van der Waals surface area contributed by atoms with Crippen LogP contribution in [0.15, 0.2) is 34.7 Å². The Morgan fingerprint density at radius 1 is 1.16 bits per heavy atom. The van der Waals surface area contributed by atoms with Gasteiger partial charge in [0.2, 0.25) is 5.91 Å². The van der Waals surface area contributed by atoms with Crippen LogP contribution >= 0.6 is 23.1 Å². The van der Waals surface area contributed by atoms with Crippen LogP contribution in [0.4, 0.5) is 0 Å². The molecule has 0 unspecified atom stereocenters. The number of ether oxygens (including phenoxy) is 1. The van der Waals surface area contributed by atoms with E-state index < -0.39 is 11.9 Å². The monoisotopic (exact) mass is 457 g/mol. The lowest BCUT2D eigenvalue weighted by Crippen LogP contribution is -2.13. The second-order valence-corrected chi connectivity index (χ2v) is 9.31. The number of carbonyl (C=O) groups excluding carboxylic acids is 3. The normalized spacial score (nSPS) is 10.8. The van der Waals surface area contributed by atoms with Gasteiger partial charge >= 0.3 is 5.97 Å². The van der Waals surface area contributed by atoms with Gasteiger partial charge in [0, 0.05) is 27.5 Å². The maximum Gasteiger partial charge on any atom is 0.337 e. The molecule has 1 amide bonds. The fourth-order valence-corrected chi connectivity index (χ4v) is 5.42. The van der Waals surface area contributed by atoms with Crippen molar-refractivity contribution in [2.75, 3.05) is 12.9 Å². The third-order valence-corrected chi connectivity index (χ3v) is 7.11. The van der Waals surface area contributed by atoms with Gasteiger partial charge in [0.1, 0.15) is 0 Å². The van der Waals surface area contributed by atoms with Crippen molar-refractivity contribution in [1.29, 1.82) is 0 Å². The molecular weight excluding hydrogens is 434 g/mol. The van der Waals surface area contributed by atoms with Gasteiger partial charge in [0.15, 0.2) is 10.1 Å². The standard InChI is InChI=1S/C22H23N3O4S2/c1-12-9-17(14(3)25(12)16-7-5-15(6-8-16)21(28)29-4)18(26)11-30-22-24-13(2)19(31-22)10-20(23)27/h5-9H,10-11H2,1-4H3,(H2,23,27). The lowest BCUT2D eigenvalue weighted by atomic mass is 10.2. The lowest BCUT2D eigenvalue weighted by molar-refractivity contribution is -0.117. The van der Waals surface area contributed by atoms with Crippen molar-refractivity contribution >= 4 is 40.8 Å². The molecule has 0 radical (unpaired) electrons. The number of aryl methyl sites for hydroxylation is 2. The summed E-state index contributed by atoms with van der Waals surface area (Å²) in [6.07, 6.45) is 0.161. The van der Waals surface area contributed by atoms with Gasteiger partial charge in [-0.15, -0.1) is 11.3 Å². The molecular formula is C22H23N3O4S2. The predicted octanol–water partition coefficient (Wildman–Crippen LogP) is 3.65. The number of hydrogen-bond acceptors (Lipinski definition) is 7. The van der Waals surface area contributed by atoms with Gasteiger partial charge in [-0.3, -0.25) is 9.59 Å². The minimum Gasteiger partial charge on any atom is -0.465 e. The highest BCUT2D eigenvalue weighted by Crippen LogP contribution is 2.29. The summed E-state index contributed by atoms with van der Waals surface area (Å²) in [5.74, 6) is -0.544. The van der Waals surface area contributed by atoms with E-state index in [9.17, 15) is 14.4 Å². The Bertz CT molecular complexity index is 1150. The molecule has 162 valence electrons. The Balaban J connectivity index is 1.76. The highest BCUT2D eigenvalue weighted by Gasteiger charge is 2.18. The zero-order chi connectivity index (χ0) is 22.7. The molecule has 0 atom stereocenters. The first kappa shape index (κ1) is 22.8. The van der Waals surface area contributed by atoms with Crippen LogP contribution in [0.5, 0.6) is 0 Å². The summed E-state index contributed by atoms with van der Waals surface area (Å²) in [5, 5.41) is 0. The van der Waals surface area contributed by atoms with Crippen LogP contribution in [0.3, 0.4) is 0 Å². The summed E-state index contributed by atoms with van der Waals surface area (Å²) in [5.41, 5.74) is 9.77. The molecule has 7 nitrogen and oxygen atoms in total. The van der Waals surface area contributed by atoms with Crippen molar-refractivity contribution in [1.82, 2.24) is 9.55 Å². The van der Waals surface area contributed by atoms with Gasteiger partial charge in [-0.2, -0.15) is 0 Å². The number of hydrogen-bond donors (Lipinski definition) is 1. The molecule has 2 heterocycles. The molecule has 1 aromatic carbocycles. The van der Waals surface area contributed by atoms with Crippen molar-refractivity contribution in [3.8, 4) is 5.69 Å². The van der Waals surface area contributed by atoms with Crippen molar-refractivity contribution in [3.05, 3.63) is 63.4 Å². The van der Waals surface area contributed by atoms with E-state index in [0.717, 1.165) is 32.0 Å². The average Bonchev–Trinajstić information content (AvgIpc) is 3.23. The highest BCUT2D eigenvalue weighted by atomic mass is 32.2. The van der Waals surface area contributed by atoms with E-state index in [0.29, 0.717) is 11.1 Å². The van der Waals surface area contributed by atoms with Gasteiger partial charge in [-0.25, -0.2) is 9.78 Å². The summed E-state index contributed by atoms with van der Waals surface area (Å²) in [7, 11) is 1.35. The van der Waals surface area contributed by atoms with E-state index in [1.54, 1.807) is 12.1 Å². The molecule has 0 aliphatic heterocycles. The van der Waals surface area contributed by atoms with Crippen LogP contribution in [-0.2, 0) is 16.0 Å². The molecule has 2 aromatic heterocycles. The first-order valence-corrected chi connectivity index (χ1v) is 11.3. The van der Waals surface area contributed by atoms with Crippen molar-refractivity contribution in [2.45, 2.75) is 31.5 Å². The second kappa shape index (κ2) is 9.49. The van der Waals surface area contributed by atoms with Gasteiger partial charge in [0.05, 0.1) is 30.5 Å². The van der Waals surface area contributed by atoms with E-state index in [1.807, 2.05) is 43.5 Å². The highest BCUT2D eigenvalue weighted by molar-refractivity contribution is 8.01. The van der Waals surface area contributed by atoms with E-state index in [2.05, 4.69) is 4.98 Å². The van der Waals surface area contributed by atoms with Crippen LogP contribution in [0, 0.1) is 20.8 Å². The Hall–Kier alpha value is -2.91. The number of primary amides is 1. The average molecular weight is 458 g/mol. The van der Waals surface area contributed by atoms with E-state index in [4.69, 9.17) is 10.5 Å². The number of thiazole rings is 1. The number of methoxy groups -OCH3 is 1. The number of benzene rings is 1. The number of aromatic nitrogens is 2. The van der Waals surface area contributed by atoms with E-state index in [-0.39, 0.29) is 18.0 Å². The number of nitrogens with zero attached hydrogens (tertiary/aromatic N) is 2. The maximum absolute atomic E-state index is 12.9. The molecule has 2 N–H and O–H groups in total. The summed E-state index contributed by atoms with van der Waals surface area (Å²) >= 11 is 2.75. The quantitative estimate of drug-likeness (QED) is 0.315. The molecule has 3 rings (SSSR count). The Kier molecular flexibility index (Phi) is 6.97. The number of amides is 1. The second-order valence-electron chi connectivity index (χ2n) is 7.00. The molecule has 0 spiro atoms. The van der Waals surface area contributed by atoms with E-state index in [1.165, 1.54) is 30.2 Å². The maximum atomic E-state index is 12.9. The SMILES string of the molecule is COC(=O)c1ccc(-n2c(C)cc(C(=O)CSc3nc(C)c(CC(N)=O)s3)c2C)cc1. The fraction of sp³-hybridized carbons (Fsp3) is 0.273. The number of thioether (sulfide) groups is 1. The predicted molar refractivity (Wildman–Crippen MR) is 121 cm³/mol. The summed E-state index contributed by atoms with van der Waals surface area (Å²) < 4.78 is 7.46. The third kappa shape index (κ3) is 5.05. The topological polar surface area (TPSA) is 104 Å². The minimum absolute atomic E-state index is 0.000153. The molecule has 0 bridgehead atoms. The van der Waals surface area contributed by atoms with Crippen LogP contribution < -0.4 is 5.73 Å². The van der Waals surface area contributed by atoms with Crippen LogP contribution in [0.1, 0.15) is 42.7 Å². The van der Waals surface area contributed by atoms with Gasteiger partial charge in [0.25, 0.3) is 0 Å². The van der Waals surface area contributed by atoms with Crippen molar-refractivity contribution in [2.24, 2.45) is 5.73 Å². The third-order valence-electron chi connectivity index (χ3n) is 4.81. The first-order valence-electron chi connectivity index (χ1n) is 9.49. The van der Waals surface area contributed by atoms with Gasteiger partial charge < -0.3 is 15.0 Å². The van der Waals surface area contributed by atoms with Crippen LogP contribution in [-0.4, -0.2) is 40.1 Å². The number of Topliss-reactive ketones (excluding diaryl/α,β-unsaturated/α-hetero) is 1. The Labute approximate surface area is 188 Å². The number of nitrogens with two attached hydrogens (primary N) is 1. The minimum atomic E-state index is -0.397. The first-order chi connectivity index (χ1) is 14.7. The van der Waals surface area contributed by atoms with Gasteiger partial charge in [-0.05, 0) is 51.1 Å². The van der Waals surface area contributed by atoms with Gasteiger partial charge in [-0.1, -0.05) is 11.8 Å². The molecule has 0 aliphatic carbocycles.